The first-order valence-corrected chi connectivity index (χ1v) is 10.2. The molecular formula is C24H27N3O2. The molecule has 29 heavy (non-hydrogen) atoms. The fourth-order valence-electron chi connectivity index (χ4n) is 4.05. The number of carbonyl (C=O) groups excluding carboxylic acids is 1. The summed E-state index contributed by atoms with van der Waals surface area (Å²) >= 11 is 0. The van der Waals surface area contributed by atoms with E-state index >= 15 is 0 Å². The summed E-state index contributed by atoms with van der Waals surface area (Å²) in [5.74, 6) is 1.30. The second-order valence-corrected chi connectivity index (χ2v) is 7.68. The third kappa shape index (κ3) is 4.19. The molecule has 0 N–H and O–H groups in total. The average Bonchev–Trinajstić information content (AvgIpc) is 3.07. The monoisotopic (exact) mass is 389 g/mol. The van der Waals surface area contributed by atoms with Crippen LogP contribution in [0, 0.1) is 19.8 Å². The van der Waals surface area contributed by atoms with Crippen LogP contribution in [0.5, 0.6) is 5.75 Å². The lowest BCUT2D eigenvalue weighted by Gasteiger charge is -2.32. The lowest BCUT2D eigenvalue weighted by Crippen LogP contribution is -2.42. The van der Waals surface area contributed by atoms with Gasteiger partial charge in [-0.15, -0.1) is 0 Å². The molecule has 0 bridgehead atoms. The Morgan fingerprint density at radius 1 is 1.07 bits per heavy atom. The first kappa shape index (κ1) is 19.2. The summed E-state index contributed by atoms with van der Waals surface area (Å²) in [6.07, 6.45) is 2.08. The summed E-state index contributed by atoms with van der Waals surface area (Å²) in [7, 11) is 0. The van der Waals surface area contributed by atoms with Crippen LogP contribution in [-0.4, -0.2) is 40.3 Å². The molecule has 1 unspecified atom stereocenters. The minimum Gasteiger partial charge on any atom is -0.493 e. The number of piperidine rings is 1. The van der Waals surface area contributed by atoms with Gasteiger partial charge in [-0.1, -0.05) is 36.4 Å². The number of benzene rings is 2. The van der Waals surface area contributed by atoms with Crippen molar-refractivity contribution in [2.75, 3.05) is 19.7 Å². The normalized spacial score (nSPS) is 16.6. The van der Waals surface area contributed by atoms with Crippen molar-refractivity contribution in [1.82, 2.24) is 14.7 Å². The van der Waals surface area contributed by atoms with Crippen molar-refractivity contribution >= 4 is 5.91 Å². The fourth-order valence-corrected chi connectivity index (χ4v) is 4.05. The molecule has 0 radical (unpaired) electrons. The van der Waals surface area contributed by atoms with E-state index in [2.05, 4.69) is 5.10 Å². The van der Waals surface area contributed by atoms with Crippen LogP contribution in [0.3, 0.4) is 0 Å². The van der Waals surface area contributed by atoms with E-state index in [4.69, 9.17) is 4.74 Å². The van der Waals surface area contributed by atoms with E-state index in [0.717, 1.165) is 54.3 Å². The van der Waals surface area contributed by atoms with Gasteiger partial charge in [0.2, 0.25) is 0 Å². The molecule has 1 aromatic heterocycles. The van der Waals surface area contributed by atoms with Gasteiger partial charge < -0.3 is 9.64 Å². The smallest absolute Gasteiger partial charge is 0.257 e. The average molecular weight is 389 g/mol. The third-order valence-corrected chi connectivity index (χ3v) is 5.54. The van der Waals surface area contributed by atoms with Crippen LogP contribution in [0.15, 0.2) is 60.7 Å². The van der Waals surface area contributed by atoms with Gasteiger partial charge in [0, 0.05) is 19.0 Å². The van der Waals surface area contributed by atoms with E-state index in [-0.39, 0.29) is 5.91 Å². The predicted molar refractivity (Wildman–Crippen MR) is 114 cm³/mol. The van der Waals surface area contributed by atoms with Gasteiger partial charge in [0.25, 0.3) is 5.91 Å². The highest BCUT2D eigenvalue weighted by Gasteiger charge is 2.29. The SMILES string of the molecule is Cc1nn(-c2ccccc2)c(C)c1C(=O)N1CCCC(COc2ccccc2)C1. The molecule has 1 amide bonds. The third-order valence-electron chi connectivity index (χ3n) is 5.54. The van der Waals surface area contributed by atoms with Gasteiger partial charge in [-0.2, -0.15) is 5.10 Å². The summed E-state index contributed by atoms with van der Waals surface area (Å²) in [5.41, 5.74) is 3.36. The molecule has 5 heteroatoms. The van der Waals surface area contributed by atoms with Gasteiger partial charge >= 0.3 is 0 Å². The Labute approximate surface area is 171 Å². The Kier molecular flexibility index (Phi) is 5.65. The van der Waals surface area contributed by atoms with E-state index in [1.54, 1.807) is 0 Å². The first-order valence-electron chi connectivity index (χ1n) is 10.2. The second-order valence-electron chi connectivity index (χ2n) is 7.68. The van der Waals surface area contributed by atoms with Gasteiger partial charge in [0.1, 0.15) is 5.75 Å². The van der Waals surface area contributed by atoms with E-state index < -0.39 is 0 Å². The maximum absolute atomic E-state index is 13.3. The summed E-state index contributed by atoms with van der Waals surface area (Å²) in [6.45, 7) is 6.03. The van der Waals surface area contributed by atoms with Crippen LogP contribution >= 0.6 is 0 Å². The Balaban J connectivity index is 1.47. The Morgan fingerprint density at radius 2 is 1.76 bits per heavy atom. The quantitative estimate of drug-likeness (QED) is 0.649. The number of aromatic nitrogens is 2. The van der Waals surface area contributed by atoms with Gasteiger partial charge in [0.05, 0.1) is 29.2 Å². The molecule has 0 aliphatic carbocycles. The van der Waals surface area contributed by atoms with Crippen LogP contribution in [0.25, 0.3) is 5.69 Å². The van der Waals surface area contributed by atoms with E-state index in [9.17, 15) is 4.79 Å². The number of likely N-dealkylation sites (tertiary alicyclic amines) is 1. The summed E-state index contributed by atoms with van der Waals surface area (Å²) in [6, 6.07) is 19.8. The minimum absolute atomic E-state index is 0.0755. The number of rotatable bonds is 5. The standard InChI is InChI=1S/C24H27N3O2/c1-18-23(19(2)27(25-18)21-11-5-3-6-12-21)24(28)26-15-9-10-20(16-26)17-29-22-13-7-4-8-14-22/h3-8,11-14,20H,9-10,15-17H2,1-2H3. The molecule has 150 valence electrons. The number of hydrogen-bond donors (Lipinski definition) is 0. The van der Waals surface area contributed by atoms with Crippen molar-refractivity contribution in [2.45, 2.75) is 26.7 Å². The number of ether oxygens (including phenoxy) is 1. The number of amides is 1. The van der Waals surface area contributed by atoms with E-state index in [1.165, 1.54) is 0 Å². The van der Waals surface area contributed by atoms with Crippen molar-refractivity contribution in [3.63, 3.8) is 0 Å². The highest BCUT2D eigenvalue weighted by atomic mass is 16.5. The number of hydrogen-bond acceptors (Lipinski definition) is 3. The number of para-hydroxylation sites is 2. The molecular weight excluding hydrogens is 362 g/mol. The summed E-state index contributed by atoms with van der Waals surface area (Å²) in [4.78, 5) is 15.3. The lowest BCUT2D eigenvalue weighted by molar-refractivity contribution is 0.0632. The Morgan fingerprint density at radius 3 is 2.48 bits per heavy atom. The molecule has 3 aromatic rings. The second kappa shape index (κ2) is 8.52. The maximum Gasteiger partial charge on any atom is 0.257 e. The van der Waals surface area contributed by atoms with Crippen molar-refractivity contribution in [1.29, 1.82) is 0 Å². The van der Waals surface area contributed by atoms with Gasteiger partial charge in [-0.25, -0.2) is 4.68 Å². The largest absolute Gasteiger partial charge is 0.493 e. The molecule has 5 nitrogen and oxygen atoms in total. The van der Waals surface area contributed by atoms with Gasteiger partial charge in [-0.05, 0) is 51.0 Å². The van der Waals surface area contributed by atoms with Crippen molar-refractivity contribution in [2.24, 2.45) is 5.92 Å². The first-order chi connectivity index (χ1) is 14.1. The molecule has 1 aliphatic rings. The number of aryl methyl sites for hydroxylation is 1. The van der Waals surface area contributed by atoms with Gasteiger partial charge in [0.15, 0.2) is 0 Å². The van der Waals surface area contributed by atoms with Crippen LogP contribution in [0.1, 0.15) is 34.6 Å². The minimum atomic E-state index is 0.0755. The lowest BCUT2D eigenvalue weighted by atomic mass is 9.98. The predicted octanol–water partition coefficient (Wildman–Crippen LogP) is 4.42. The van der Waals surface area contributed by atoms with Gasteiger partial charge in [-0.3, -0.25) is 4.79 Å². The summed E-state index contributed by atoms with van der Waals surface area (Å²) in [5, 5.41) is 4.64. The highest BCUT2D eigenvalue weighted by molar-refractivity contribution is 5.96. The molecule has 1 saturated heterocycles. The van der Waals surface area contributed by atoms with Crippen molar-refractivity contribution < 1.29 is 9.53 Å². The fraction of sp³-hybridized carbons (Fsp3) is 0.333. The van der Waals surface area contributed by atoms with Crippen LogP contribution in [0.2, 0.25) is 0 Å². The van der Waals surface area contributed by atoms with Crippen LogP contribution in [0.4, 0.5) is 0 Å². The molecule has 2 heterocycles. The number of carbonyl (C=O) groups is 1. The molecule has 0 spiro atoms. The van der Waals surface area contributed by atoms with Crippen LogP contribution < -0.4 is 4.74 Å². The molecule has 1 atom stereocenters. The molecule has 4 rings (SSSR count). The molecule has 0 saturated carbocycles. The van der Waals surface area contributed by atoms with Crippen molar-refractivity contribution in [3.05, 3.63) is 77.6 Å². The topological polar surface area (TPSA) is 47.4 Å². The highest BCUT2D eigenvalue weighted by Crippen LogP contribution is 2.24. The zero-order valence-electron chi connectivity index (χ0n) is 17.0. The molecule has 1 aliphatic heterocycles. The van der Waals surface area contributed by atoms with Crippen LogP contribution in [-0.2, 0) is 0 Å². The maximum atomic E-state index is 13.3. The number of nitrogens with zero attached hydrogens (tertiary/aromatic N) is 3. The zero-order valence-corrected chi connectivity index (χ0v) is 17.0. The molecule has 1 fully saturated rings. The van der Waals surface area contributed by atoms with E-state index in [1.807, 2.05) is 84.1 Å². The van der Waals surface area contributed by atoms with E-state index in [0.29, 0.717) is 12.5 Å². The molecule has 2 aromatic carbocycles. The van der Waals surface area contributed by atoms with Crippen molar-refractivity contribution in [3.8, 4) is 11.4 Å². The summed E-state index contributed by atoms with van der Waals surface area (Å²) < 4.78 is 7.80. The zero-order chi connectivity index (χ0) is 20.2. The Hall–Kier alpha value is -3.08. The Bertz CT molecular complexity index is 967.